The van der Waals surface area contributed by atoms with Crippen LogP contribution in [0.2, 0.25) is 0 Å². The Bertz CT molecular complexity index is 226. The van der Waals surface area contributed by atoms with Gasteiger partial charge in [-0.1, -0.05) is 33.6 Å². The summed E-state index contributed by atoms with van der Waals surface area (Å²) in [4.78, 5) is 12.3. The van der Waals surface area contributed by atoms with Crippen molar-refractivity contribution >= 4 is 5.91 Å². The summed E-state index contributed by atoms with van der Waals surface area (Å²) in [5.41, 5.74) is 5.50. The molecule has 0 saturated carbocycles. The van der Waals surface area contributed by atoms with Gasteiger partial charge in [-0.25, -0.2) is 0 Å². The fraction of sp³-hybridized carbons (Fsp3) is 0.933. The lowest BCUT2D eigenvalue weighted by atomic mass is 9.78. The van der Waals surface area contributed by atoms with E-state index in [0.717, 1.165) is 45.1 Å². The molecule has 0 heterocycles. The molecule has 0 aromatic rings. The Balaban J connectivity index is 4.10. The molecular formula is C15H32N2O2. The predicted octanol–water partition coefficient (Wildman–Crippen LogP) is 2.46. The second-order valence-corrected chi connectivity index (χ2v) is 5.21. The minimum Gasteiger partial charge on any atom is -0.381 e. The van der Waals surface area contributed by atoms with Gasteiger partial charge in [0, 0.05) is 26.3 Å². The number of rotatable bonds is 12. The lowest BCUT2D eigenvalue weighted by Crippen LogP contribution is -2.46. The van der Waals surface area contributed by atoms with Crippen molar-refractivity contribution in [3.8, 4) is 0 Å². The third-order valence-electron chi connectivity index (χ3n) is 3.43. The summed E-state index contributed by atoms with van der Waals surface area (Å²) in [5.74, 6) is 0.120. The molecule has 0 aliphatic heterocycles. The van der Waals surface area contributed by atoms with Gasteiger partial charge in [0.25, 0.3) is 0 Å². The van der Waals surface area contributed by atoms with Gasteiger partial charge in [0.15, 0.2) is 0 Å². The Morgan fingerprint density at radius 2 is 1.74 bits per heavy atom. The van der Waals surface area contributed by atoms with Crippen molar-refractivity contribution in [1.29, 1.82) is 0 Å². The predicted molar refractivity (Wildman–Crippen MR) is 80.0 cm³/mol. The zero-order valence-electron chi connectivity index (χ0n) is 13.0. The van der Waals surface area contributed by atoms with Crippen molar-refractivity contribution in [3.63, 3.8) is 0 Å². The molecule has 0 rings (SSSR count). The van der Waals surface area contributed by atoms with Gasteiger partial charge in [0.1, 0.15) is 0 Å². The molecule has 0 radical (unpaired) electrons. The molecule has 114 valence electrons. The molecule has 0 aliphatic carbocycles. The fourth-order valence-electron chi connectivity index (χ4n) is 2.42. The molecule has 3 N–H and O–H groups in total. The van der Waals surface area contributed by atoms with E-state index in [2.05, 4.69) is 26.1 Å². The first-order valence-electron chi connectivity index (χ1n) is 7.73. The molecule has 0 aliphatic rings. The van der Waals surface area contributed by atoms with Crippen molar-refractivity contribution < 1.29 is 9.53 Å². The third-order valence-corrected chi connectivity index (χ3v) is 3.43. The van der Waals surface area contributed by atoms with Gasteiger partial charge in [-0.3, -0.25) is 4.79 Å². The molecule has 0 spiro atoms. The zero-order chi connectivity index (χ0) is 14.6. The zero-order valence-corrected chi connectivity index (χ0v) is 13.0. The number of carbonyl (C=O) groups excluding carboxylic acids is 1. The van der Waals surface area contributed by atoms with Crippen LogP contribution in [0.15, 0.2) is 0 Å². The number of amides is 1. The molecule has 4 nitrogen and oxygen atoms in total. The lowest BCUT2D eigenvalue weighted by molar-refractivity contribution is -0.131. The first-order chi connectivity index (χ1) is 9.16. The molecule has 0 fully saturated rings. The Morgan fingerprint density at radius 1 is 1.11 bits per heavy atom. The van der Waals surface area contributed by atoms with E-state index in [1.54, 1.807) is 0 Å². The topological polar surface area (TPSA) is 64.3 Å². The first kappa shape index (κ1) is 18.4. The average molecular weight is 272 g/mol. The summed E-state index contributed by atoms with van der Waals surface area (Å²) in [5, 5.41) is 3.02. The van der Waals surface area contributed by atoms with Crippen molar-refractivity contribution in [2.24, 2.45) is 11.1 Å². The highest BCUT2D eigenvalue weighted by Gasteiger charge is 2.34. The highest BCUT2D eigenvalue weighted by molar-refractivity contribution is 5.82. The minimum atomic E-state index is -0.367. The van der Waals surface area contributed by atoms with Crippen LogP contribution in [0.25, 0.3) is 0 Å². The van der Waals surface area contributed by atoms with Crippen LogP contribution in [0.3, 0.4) is 0 Å². The maximum atomic E-state index is 12.3. The van der Waals surface area contributed by atoms with Crippen LogP contribution < -0.4 is 11.1 Å². The summed E-state index contributed by atoms with van der Waals surface area (Å²) >= 11 is 0. The third kappa shape index (κ3) is 6.92. The number of carbonyl (C=O) groups is 1. The van der Waals surface area contributed by atoms with E-state index in [4.69, 9.17) is 10.5 Å². The fourth-order valence-corrected chi connectivity index (χ4v) is 2.42. The van der Waals surface area contributed by atoms with Crippen LogP contribution in [0.1, 0.15) is 59.3 Å². The molecule has 1 amide bonds. The molecule has 0 unspecified atom stereocenters. The van der Waals surface area contributed by atoms with Gasteiger partial charge in [-0.15, -0.1) is 0 Å². The van der Waals surface area contributed by atoms with E-state index in [1.807, 2.05) is 0 Å². The Morgan fingerprint density at radius 3 is 2.21 bits per heavy atom. The van der Waals surface area contributed by atoms with E-state index in [0.29, 0.717) is 19.7 Å². The van der Waals surface area contributed by atoms with Gasteiger partial charge < -0.3 is 15.8 Å². The molecule has 4 heteroatoms. The van der Waals surface area contributed by atoms with E-state index >= 15 is 0 Å². The smallest absolute Gasteiger partial charge is 0.227 e. The van der Waals surface area contributed by atoms with Crippen LogP contribution in [0.4, 0.5) is 0 Å². The van der Waals surface area contributed by atoms with E-state index < -0.39 is 0 Å². The standard InChI is InChI=1S/C15H32N2O2/c1-4-8-15(13-16,9-5-2)14(18)17-10-7-12-19-11-6-3/h4-13,16H2,1-3H3,(H,17,18). The van der Waals surface area contributed by atoms with Crippen molar-refractivity contribution in [1.82, 2.24) is 5.32 Å². The van der Waals surface area contributed by atoms with Crippen LogP contribution in [0.5, 0.6) is 0 Å². The van der Waals surface area contributed by atoms with Crippen LogP contribution in [-0.4, -0.2) is 32.2 Å². The van der Waals surface area contributed by atoms with Gasteiger partial charge in [0.05, 0.1) is 5.41 Å². The molecule has 0 bridgehead atoms. The highest BCUT2D eigenvalue weighted by Crippen LogP contribution is 2.28. The van der Waals surface area contributed by atoms with Crippen molar-refractivity contribution in [2.75, 3.05) is 26.3 Å². The molecule has 0 saturated heterocycles. The molecule has 0 atom stereocenters. The second kappa shape index (κ2) is 11.2. The van der Waals surface area contributed by atoms with Gasteiger partial charge in [-0.05, 0) is 25.7 Å². The molecule has 0 aromatic heterocycles. The SMILES string of the molecule is CCCOCCCNC(=O)C(CN)(CCC)CCC. The first-order valence-corrected chi connectivity index (χ1v) is 7.73. The lowest BCUT2D eigenvalue weighted by Gasteiger charge is -2.30. The van der Waals surface area contributed by atoms with Gasteiger partial charge in [-0.2, -0.15) is 0 Å². The number of hydrogen-bond acceptors (Lipinski definition) is 3. The maximum Gasteiger partial charge on any atom is 0.227 e. The quantitative estimate of drug-likeness (QED) is 0.536. The molecule has 19 heavy (non-hydrogen) atoms. The number of nitrogens with two attached hydrogens (primary N) is 1. The summed E-state index contributed by atoms with van der Waals surface area (Å²) in [6.07, 6.45) is 5.62. The summed E-state index contributed by atoms with van der Waals surface area (Å²) in [7, 11) is 0. The summed E-state index contributed by atoms with van der Waals surface area (Å²) in [6, 6.07) is 0. The molecule has 0 aromatic carbocycles. The second-order valence-electron chi connectivity index (χ2n) is 5.21. The van der Waals surface area contributed by atoms with E-state index in [1.165, 1.54) is 0 Å². The van der Waals surface area contributed by atoms with Crippen molar-refractivity contribution in [2.45, 2.75) is 59.3 Å². The van der Waals surface area contributed by atoms with Crippen LogP contribution in [-0.2, 0) is 9.53 Å². The minimum absolute atomic E-state index is 0.120. The number of nitrogens with one attached hydrogen (secondary N) is 1. The Kier molecular flexibility index (Phi) is 10.9. The highest BCUT2D eigenvalue weighted by atomic mass is 16.5. The van der Waals surface area contributed by atoms with Crippen molar-refractivity contribution in [3.05, 3.63) is 0 Å². The average Bonchev–Trinajstić information content (AvgIpc) is 2.42. The van der Waals surface area contributed by atoms with E-state index in [9.17, 15) is 4.79 Å². The van der Waals surface area contributed by atoms with Crippen LogP contribution in [0, 0.1) is 5.41 Å². The van der Waals surface area contributed by atoms with Crippen LogP contribution >= 0.6 is 0 Å². The van der Waals surface area contributed by atoms with Gasteiger partial charge >= 0.3 is 0 Å². The normalized spacial score (nSPS) is 11.6. The van der Waals surface area contributed by atoms with Gasteiger partial charge in [0.2, 0.25) is 5.91 Å². The molecular weight excluding hydrogens is 240 g/mol. The monoisotopic (exact) mass is 272 g/mol. The number of ether oxygens (including phenoxy) is 1. The summed E-state index contributed by atoms with van der Waals surface area (Å²) < 4.78 is 5.40. The number of hydrogen-bond donors (Lipinski definition) is 2. The maximum absolute atomic E-state index is 12.3. The van der Waals surface area contributed by atoms with E-state index in [-0.39, 0.29) is 11.3 Å². The Labute approximate surface area is 118 Å². The summed E-state index contributed by atoms with van der Waals surface area (Å²) in [6.45, 7) is 8.92. The Hall–Kier alpha value is -0.610. The largest absolute Gasteiger partial charge is 0.381 e.